The number of aromatic amines is 2. The molecule has 0 saturated heterocycles. The molecule has 9 nitrogen and oxygen atoms in total. The number of rotatable bonds is 10. The first-order valence-electron chi connectivity index (χ1n) is 15.3. The van der Waals surface area contributed by atoms with Gasteiger partial charge in [-0.1, -0.05) is 45.9 Å². The highest BCUT2D eigenvalue weighted by molar-refractivity contribution is 6.49. The highest BCUT2D eigenvalue weighted by atomic mass is 16.5. The molecule has 2 aromatic heterocycles. The first-order valence-corrected chi connectivity index (χ1v) is 15.3. The first kappa shape index (κ1) is 31.5. The van der Waals surface area contributed by atoms with Crippen LogP contribution in [0.5, 0.6) is 0 Å². The zero-order valence-corrected chi connectivity index (χ0v) is 26.6. The van der Waals surface area contributed by atoms with E-state index >= 15 is 0 Å². The summed E-state index contributed by atoms with van der Waals surface area (Å²) < 4.78 is 11.3. The van der Waals surface area contributed by atoms with E-state index in [0.29, 0.717) is 69.2 Å². The number of H-pyrrole nitrogens is 2. The van der Waals surface area contributed by atoms with E-state index in [-0.39, 0.29) is 11.1 Å². The van der Waals surface area contributed by atoms with Crippen molar-refractivity contribution in [3.63, 3.8) is 0 Å². The number of fused-ring (bicyclic) bond motifs is 2. The van der Waals surface area contributed by atoms with Crippen LogP contribution in [0.4, 0.5) is 5.69 Å². The number of ether oxygens (including phenoxy) is 2. The number of aryl methyl sites for hydroxylation is 2. The van der Waals surface area contributed by atoms with Crippen LogP contribution in [0, 0.1) is 11.8 Å². The van der Waals surface area contributed by atoms with Crippen molar-refractivity contribution in [1.29, 1.82) is 0 Å². The zero-order chi connectivity index (χ0) is 32.6. The number of para-hydroxylation sites is 1. The number of hydrogen-bond acceptors (Lipinski definition) is 7. The van der Waals surface area contributed by atoms with Crippen molar-refractivity contribution in [1.82, 2.24) is 9.97 Å². The van der Waals surface area contributed by atoms with Gasteiger partial charge in [0.05, 0.1) is 11.1 Å². The van der Waals surface area contributed by atoms with Crippen LogP contribution >= 0.6 is 0 Å². The van der Waals surface area contributed by atoms with Crippen molar-refractivity contribution >= 4 is 62.1 Å². The molecule has 0 aliphatic heterocycles. The van der Waals surface area contributed by atoms with Crippen molar-refractivity contribution in [2.75, 3.05) is 5.73 Å². The van der Waals surface area contributed by atoms with E-state index in [1.54, 1.807) is 18.2 Å². The summed E-state index contributed by atoms with van der Waals surface area (Å²) in [6.45, 7) is 10.7. The number of allylic oxidation sites excluding steroid dienone is 2. The summed E-state index contributed by atoms with van der Waals surface area (Å²) in [4.78, 5) is 61.4. The number of nitrogens with two attached hydrogens (primary N) is 1. The maximum Gasteiger partial charge on any atom is 0.308 e. The van der Waals surface area contributed by atoms with Gasteiger partial charge in [-0.05, 0) is 61.8 Å². The van der Waals surface area contributed by atoms with E-state index in [0.717, 1.165) is 18.4 Å². The SMILES string of the molecule is CC(=O)OC1=C(c2c(CCC(C)C)[nH]c3ccccc23)C(=O)C(OC(C)=O)=C(c2c(CCC(C)C)[nH]c3ccc(N)cc23)C1=O. The largest absolute Gasteiger partial charge is 0.422 e. The Balaban J connectivity index is 1.84. The highest BCUT2D eigenvalue weighted by Gasteiger charge is 2.43. The van der Waals surface area contributed by atoms with Crippen LogP contribution in [0.2, 0.25) is 0 Å². The van der Waals surface area contributed by atoms with E-state index in [1.807, 2.05) is 24.3 Å². The summed E-state index contributed by atoms with van der Waals surface area (Å²) in [5, 5.41) is 1.27. The van der Waals surface area contributed by atoms with Gasteiger partial charge in [0.15, 0.2) is 11.5 Å². The Morgan fingerprint density at radius 1 is 0.711 bits per heavy atom. The van der Waals surface area contributed by atoms with Gasteiger partial charge in [-0.3, -0.25) is 19.2 Å². The minimum atomic E-state index is -0.763. The molecule has 45 heavy (non-hydrogen) atoms. The molecule has 1 aliphatic rings. The Kier molecular flexibility index (Phi) is 8.82. The van der Waals surface area contributed by atoms with Crippen molar-refractivity contribution in [3.05, 3.63) is 76.5 Å². The molecule has 0 unspecified atom stereocenters. The van der Waals surface area contributed by atoms with Gasteiger partial charge >= 0.3 is 11.9 Å². The summed E-state index contributed by atoms with van der Waals surface area (Å²) in [5.41, 5.74) is 10.1. The molecule has 4 aromatic rings. The number of hydrogen-bond donors (Lipinski definition) is 3. The molecule has 2 aromatic carbocycles. The number of benzene rings is 2. The lowest BCUT2D eigenvalue weighted by molar-refractivity contribution is -0.141. The number of Topliss-reactive ketones (excluding diaryl/α,β-unsaturated/α-hetero) is 2. The minimum Gasteiger partial charge on any atom is -0.422 e. The minimum absolute atomic E-state index is 0.116. The summed E-state index contributed by atoms with van der Waals surface area (Å²) >= 11 is 0. The van der Waals surface area contributed by atoms with Crippen molar-refractivity contribution in [3.8, 4) is 0 Å². The van der Waals surface area contributed by atoms with Crippen LogP contribution in [0.25, 0.3) is 33.0 Å². The van der Waals surface area contributed by atoms with Crippen LogP contribution < -0.4 is 5.73 Å². The van der Waals surface area contributed by atoms with E-state index < -0.39 is 35.0 Å². The Labute approximate surface area is 261 Å². The third-order valence-electron chi connectivity index (χ3n) is 7.94. The predicted molar refractivity (Wildman–Crippen MR) is 175 cm³/mol. The fourth-order valence-corrected chi connectivity index (χ4v) is 5.87. The molecule has 0 atom stereocenters. The van der Waals surface area contributed by atoms with Gasteiger partial charge in [0.2, 0.25) is 11.6 Å². The van der Waals surface area contributed by atoms with Crippen LogP contribution in [-0.4, -0.2) is 33.5 Å². The van der Waals surface area contributed by atoms with E-state index in [2.05, 4.69) is 37.7 Å². The number of esters is 2. The van der Waals surface area contributed by atoms with Gasteiger partial charge in [0, 0.05) is 63.9 Å². The molecule has 0 radical (unpaired) electrons. The standard InChI is InChI=1S/C36H39N3O6/c1-18(2)11-14-27-29(23-9-7-8-10-25(23)38-27)31-33(42)36(45-21(6)41)32(34(43)35(31)44-20(5)40)30-24-17-22(37)13-16-26(24)39-28(30)15-12-19(3)4/h7-10,13,16-19,38-39H,11-12,14-15,37H2,1-6H3. The Bertz CT molecular complexity index is 1920. The molecule has 0 bridgehead atoms. The second kappa shape index (κ2) is 12.6. The average molecular weight is 610 g/mol. The molecular formula is C36H39N3O6. The molecule has 1 aliphatic carbocycles. The van der Waals surface area contributed by atoms with Gasteiger partial charge in [-0.15, -0.1) is 0 Å². The van der Waals surface area contributed by atoms with Crippen LogP contribution in [-0.2, 0) is 41.5 Å². The van der Waals surface area contributed by atoms with Crippen LogP contribution in [0.1, 0.15) is 76.9 Å². The molecule has 0 spiro atoms. The molecule has 234 valence electrons. The topological polar surface area (TPSA) is 144 Å². The van der Waals surface area contributed by atoms with Gasteiger partial charge in [0.1, 0.15) is 0 Å². The van der Waals surface area contributed by atoms with Crippen molar-refractivity contribution < 1.29 is 28.7 Å². The normalized spacial score (nSPS) is 14.0. The number of ketones is 2. The molecule has 5 rings (SSSR count). The first-order chi connectivity index (χ1) is 21.4. The van der Waals surface area contributed by atoms with Crippen molar-refractivity contribution in [2.45, 2.75) is 67.2 Å². The monoisotopic (exact) mass is 609 g/mol. The van der Waals surface area contributed by atoms with Gasteiger partial charge in [-0.25, -0.2) is 0 Å². The molecule has 0 fully saturated rings. The maximum absolute atomic E-state index is 14.7. The summed E-state index contributed by atoms with van der Waals surface area (Å²) in [7, 11) is 0. The van der Waals surface area contributed by atoms with Crippen molar-refractivity contribution in [2.24, 2.45) is 11.8 Å². The highest BCUT2D eigenvalue weighted by Crippen LogP contribution is 2.44. The van der Waals surface area contributed by atoms with Gasteiger partial charge < -0.3 is 25.2 Å². The van der Waals surface area contributed by atoms with E-state index in [1.165, 1.54) is 13.8 Å². The third-order valence-corrected chi connectivity index (χ3v) is 7.94. The summed E-state index contributed by atoms with van der Waals surface area (Å²) in [5.74, 6) is -3.09. The Morgan fingerprint density at radius 3 is 1.67 bits per heavy atom. The number of anilines is 1. The molecule has 0 saturated carbocycles. The lowest BCUT2D eigenvalue weighted by Gasteiger charge is -2.24. The maximum atomic E-state index is 14.7. The van der Waals surface area contributed by atoms with E-state index in [9.17, 15) is 19.2 Å². The van der Waals surface area contributed by atoms with Gasteiger partial charge in [0.25, 0.3) is 0 Å². The van der Waals surface area contributed by atoms with Crippen LogP contribution in [0.15, 0.2) is 54.0 Å². The smallest absolute Gasteiger partial charge is 0.308 e. The second-order valence-electron chi connectivity index (χ2n) is 12.4. The van der Waals surface area contributed by atoms with Crippen LogP contribution in [0.3, 0.4) is 0 Å². The number of nitrogen functional groups attached to an aromatic ring is 1. The molecule has 0 amide bonds. The fourth-order valence-electron chi connectivity index (χ4n) is 5.87. The molecular weight excluding hydrogens is 570 g/mol. The lowest BCUT2D eigenvalue weighted by Crippen LogP contribution is -2.28. The number of carbonyl (C=O) groups excluding carboxylic acids is 4. The fraction of sp³-hybridized carbons (Fsp3) is 0.333. The predicted octanol–water partition coefficient (Wildman–Crippen LogP) is 6.81. The number of nitrogens with one attached hydrogen (secondary N) is 2. The Hall–Kier alpha value is -4.92. The van der Waals surface area contributed by atoms with E-state index in [4.69, 9.17) is 15.2 Å². The summed E-state index contributed by atoms with van der Waals surface area (Å²) in [6, 6.07) is 12.7. The molecule has 4 N–H and O–H groups in total. The zero-order valence-electron chi connectivity index (χ0n) is 26.6. The third kappa shape index (κ3) is 6.20. The Morgan fingerprint density at radius 2 is 1.18 bits per heavy atom. The number of aromatic nitrogens is 2. The molecule has 2 heterocycles. The molecule has 9 heteroatoms. The quantitative estimate of drug-likeness (QED) is 0.102. The lowest BCUT2D eigenvalue weighted by atomic mass is 9.83. The second-order valence-corrected chi connectivity index (χ2v) is 12.4. The average Bonchev–Trinajstić information content (AvgIpc) is 3.51. The summed E-state index contributed by atoms with van der Waals surface area (Å²) in [6.07, 6.45) is 2.69. The van der Waals surface area contributed by atoms with Gasteiger partial charge in [-0.2, -0.15) is 0 Å². The number of carbonyl (C=O) groups is 4.